The third-order valence-electron chi connectivity index (χ3n) is 2.58. The van der Waals surface area contributed by atoms with Crippen molar-refractivity contribution in [1.29, 1.82) is 0 Å². The quantitative estimate of drug-likeness (QED) is 0.791. The van der Waals surface area contributed by atoms with Gasteiger partial charge in [0.2, 0.25) is 5.91 Å². The van der Waals surface area contributed by atoms with Crippen molar-refractivity contribution in [1.82, 2.24) is 5.43 Å². The highest BCUT2D eigenvalue weighted by Gasteiger charge is 2.21. The van der Waals surface area contributed by atoms with Crippen LogP contribution in [0.1, 0.15) is 18.9 Å². The fourth-order valence-corrected chi connectivity index (χ4v) is 1.90. The molecule has 0 spiro atoms. The van der Waals surface area contributed by atoms with Gasteiger partial charge in [-0.2, -0.15) is 0 Å². The zero-order valence-electron chi connectivity index (χ0n) is 9.44. The van der Waals surface area contributed by atoms with Crippen LogP contribution in [-0.4, -0.2) is 18.5 Å². The highest BCUT2D eigenvalue weighted by atomic mass is 16.2. The Morgan fingerprint density at radius 2 is 2.38 bits per heavy atom. The predicted octanol–water partition coefficient (Wildman–Crippen LogP) is 0.818. The largest absolute Gasteiger partial charge is 0.328 e. The molecule has 0 radical (unpaired) electrons. The topological polar surface area (TPSA) is 58.4 Å². The number of hydrogen-bond acceptors (Lipinski definition) is 3. The number of carbonyl (C=O) groups excluding carboxylic acids is 1. The molecular weight excluding hydrogens is 202 g/mol. The molecule has 1 unspecified atom stereocenters. The van der Waals surface area contributed by atoms with Gasteiger partial charge >= 0.3 is 0 Å². The van der Waals surface area contributed by atoms with Gasteiger partial charge in [-0.3, -0.25) is 4.79 Å². The maximum Gasteiger partial charge on any atom is 0.242 e. The minimum Gasteiger partial charge on any atom is -0.328 e. The molecule has 1 fully saturated rings. The van der Waals surface area contributed by atoms with E-state index >= 15 is 0 Å². The molecule has 86 valence electrons. The van der Waals surface area contributed by atoms with E-state index in [1.807, 2.05) is 31.2 Å². The number of rotatable bonds is 3. The van der Waals surface area contributed by atoms with Gasteiger partial charge in [0.05, 0.1) is 5.69 Å². The average Bonchev–Trinajstić information content (AvgIpc) is 2.64. The third-order valence-corrected chi connectivity index (χ3v) is 2.58. The fraction of sp³-hybridized carbons (Fsp3) is 0.417. The summed E-state index contributed by atoms with van der Waals surface area (Å²) in [5, 5.41) is 1.62. The molecule has 1 aromatic carbocycles. The van der Waals surface area contributed by atoms with Crippen molar-refractivity contribution in [2.75, 3.05) is 11.6 Å². The molecule has 1 aliphatic rings. The lowest BCUT2D eigenvalue weighted by Gasteiger charge is -2.17. The number of nitrogens with one attached hydrogen (secondary N) is 1. The summed E-state index contributed by atoms with van der Waals surface area (Å²) in [4.78, 5) is 11.5. The minimum atomic E-state index is 0.123. The van der Waals surface area contributed by atoms with E-state index in [1.54, 1.807) is 5.01 Å². The molecule has 3 N–H and O–H groups in total. The van der Waals surface area contributed by atoms with Crippen LogP contribution in [-0.2, 0) is 11.2 Å². The number of nitrogens with zero attached hydrogens (tertiary/aromatic N) is 1. The normalized spacial score (nSPS) is 17.9. The van der Waals surface area contributed by atoms with Crippen molar-refractivity contribution in [3.63, 3.8) is 0 Å². The third kappa shape index (κ3) is 2.40. The molecule has 4 heteroatoms. The first-order chi connectivity index (χ1) is 7.66. The summed E-state index contributed by atoms with van der Waals surface area (Å²) >= 11 is 0. The Morgan fingerprint density at radius 3 is 3.00 bits per heavy atom. The molecule has 0 aromatic heterocycles. The lowest BCUT2D eigenvalue weighted by Crippen LogP contribution is -2.34. The Kier molecular flexibility index (Phi) is 3.22. The molecule has 16 heavy (non-hydrogen) atoms. The van der Waals surface area contributed by atoms with Crippen molar-refractivity contribution >= 4 is 11.6 Å². The van der Waals surface area contributed by atoms with Gasteiger partial charge in [0.15, 0.2) is 0 Å². The monoisotopic (exact) mass is 219 g/mol. The van der Waals surface area contributed by atoms with Crippen LogP contribution in [0.4, 0.5) is 5.69 Å². The summed E-state index contributed by atoms with van der Waals surface area (Å²) in [6.45, 7) is 2.70. The highest BCUT2D eigenvalue weighted by Crippen LogP contribution is 2.18. The molecule has 1 amide bonds. The molecule has 1 atom stereocenters. The Balaban J connectivity index is 2.18. The van der Waals surface area contributed by atoms with Crippen LogP contribution < -0.4 is 16.2 Å². The van der Waals surface area contributed by atoms with Crippen molar-refractivity contribution in [2.24, 2.45) is 5.73 Å². The molecule has 1 aliphatic heterocycles. The number of hydrogen-bond donors (Lipinski definition) is 2. The molecule has 0 saturated carbocycles. The van der Waals surface area contributed by atoms with E-state index in [9.17, 15) is 4.79 Å². The van der Waals surface area contributed by atoms with Crippen LogP contribution in [0.25, 0.3) is 0 Å². The summed E-state index contributed by atoms with van der Waals surface area (Å²) in [5.74, 6) is 0.123. The zero-order valence-corrected chi connectivity index (χ0v) is 9.44. The molecule has 1 aromatic rings. The molecule has 1 saturated heterocycles. The maximum absolute atomic E-state index is 11.5. The zero-order chi connectivity index (χ0) is 11.5. The SMILES string of the molecule is CC(N)Cc1cccc(N2NCCC2=O)c1. The molecule has 2 rings (SSSR count). The standard InChI is InChI=1S/C12H17N3O/c1-9(13)7-10-3-2-4-11(8-10)15-12(16)5-6-14-15/h2-4,8-9,14H,5-7,13H2,1H3. The molecule has 4 nitrogen and oxygen atoms in total. The van der Waals surface area contributed by atoms with Crippen molar-refractivity contribution < 1.29 is 4.79 Å². The second-order valence-corrected chi connectivity index (χ2v) is 4.24. The lowest BCUT2D eigenvalue weighted by atomic mass is 10.1. The van der Waals surface area contributed by atoms with Crippen LogP contribution in [0, 0.1) is 0 Å². The summed E-state index contributed by atoms with van der Waals surface area (Å²) in [6.07, 6.45) is 1.40. The van der Waals surface area contributed by atoms with Crippen LogP contribution in [0.2, 0.25) is 0 Å². The van der Waals surface area contributed by atoms with Gasteiger partial charge in [0.25, 0.3) is 0 Å². The Hall–Kier alpha value is -1.39. The number of carbonyl (C=O) groups is 1. The van der Waals surface area contributed by atoms with E-state index in [1.165, 1.54) is 0 Å². The first kappa shape index (κ1) is 11.1. The lowest BCUT2D eigenvalue weighted by molar-refractivity contribution is -0.117. The highest BCUT2D eigenvalue weighted by molar-refractivity contribution is 5.94. The van der Waals surface area contributed by atoms with Crippen LogP contribution >= 0.6 is 0 Å². The first-order valence-corrected chi connectivity index (χ1v) is 5.58. The van der Waals surface area contributed by atoms with Gasteiger partial charge in [-0.1, -0.05) is 12.1 Å². The Morgan fingerprint density at radius 1 is 1.56 bits per heavy atom. The number of anilines is 1. The molecule has 0 aliphatic carbocycles. The van der Waals surface area contributed by atoms with E-state index in [4.69, 9.17) is 5.73 Å². The first-order valence-electron chi connectivity index (χ1n) is 5.58. The van der Waals surface area contributed by atoms with Gasteiger partial charge in [0, 0.05) is 19.0 Å². The smallest absolute Gasteiger partial charge is 0.242 e. The molecule has 0 bridgehead atoms. The fourth-order valence-electron chi connectivity index (χ4n) is 1.90. The van der Waals surface area contributed by atoms with Crippen LogP contribution in [0.15, 0.2) is 24.3 Å². The predicted molar refractivity (Wildman–Crippen MR) is 63.9 cm³/mol. The van der Waals surface area contributed by atoms with E-state index in [2.05, 4.69) is 5.43 Å². The Bertz CT molecular complexity index is 390. The number of benzene rings is 1. The second-order valence-electron chi connectivity index (χ2n) is 4.24. The maximum atomic E-state index is 11.5. The van der Waals surface area contributed by atoms with E-state index in [0.717, 1.165) is 24.2 Å². The van der Waals surface area contributed by atoms with Gasteiger partial charge in [-0.25, -0.2) is 10.4 Å². The van der Waals surface area contributed by atoms with Crippen molar-refractivity contribution in [3.05, 3.63) is 29.8 Å². The summed E-state index contributed by atoms with van der Waals surface area (Å²) in [6, 6.07) is 8.08. The average molecular weight is 219 g/mol. The summed E-state index contributed by atoms with van der Waals surface area (Å²) in [5.41, 5.74) is 10.9. The van der Waals surface area contributed by atoms with Gasteiger partial charge in [-0.05, 0) is 31.0 Å². The van der Waals surface area contributed by atoms with Gasteiger partial charge in [0.1, 0.15) is 0 Å². The van der Waals surface area contributed by atoms with E-state index < -0.39 is 0 Å². The van der Waals surface area contributed by atoms with Crippen molar-refractivity contribution in [2.45, 2.75) is 25.8 Å². The number of nitrogens with two attached hydrogens (primary N) is 1. The number of amides is 1. The van der Waals surface area contributed by atoms with E-state index in [0.29, 0.717) is 6.42 Å². The van der Waals surface area contributed by atoms with Crippen LogP contribution in [0.3, 0.4) is 0 Å². The van der Waals surface area contributed by atoms with E-state index in [-0.39, 0.29) is 11.9 Å². The Labute approximate surface area is 95.4 Å². The van der Waals surface area contributed by atoms with Crippen molar-refractivity contribution in [3.8, 4) is 0 Å². The number of hydrazine groups is 1. The molecule has 1 heterocycles. The van der Waals surface area contributed by atoms with Gasteiger partial charge < -0.3 is 5.73 Å². The second kappa shape index (κ2) is 4.63. The molecular formula is C12H17N3O. The summed E-state index contributed by atoms with van der Waals surface area (Å²) in [7, 11) is 0. The van der Waals surface area contributed by atoms with Gasteiger partial charge in [-0.15, -0.1) is 0 Å². The van der Waals surface area contributed by atoms with Crippen LogP contribution in [0.5, 0.6) is 0 Å². The minimum absolute atomic E-state index is 0.123. The summed E-state index contributed by atoms with van der Waals surface area (Å²) < 4.78 is 0.